The molecule has 0 radical (unpaired) electrons. The number of hydrogen-bond acceptors (Lipinski definition) is 5. The van der Waals surface area contributed by atoms with Gasteiger partial charge in [-0.05, 0) is 44.2 Å². The number of hydrogen-bond donors (Lipinski definition) is 2. The maximum absolute atomic E-state index is 13.8. The van der Waals surface area contributed by atoms with Gasteiger partial charge in [0, 0.05) is 10.4 Å². The molecule has 2 heterocycles. The molecule has 3 aromatic rings. The van der Waals surface area contributed by atoms with Gasteiger partial charge < -0.3 is 10.1 Å². The number of thiazole rings is 1. The molecule has 2 aromatic carbocycles. The Kier molecular flexibility index (Phi) is 4.56. The standard InChI is InChI=1S/C20H16FN3O3S/c1-10-18(25)22-15-9-12(7-8-16(15)27-10)17-11(2)28-20(23-17)24-19(26)13-5-3-4-6-14(13)21/h3-10H,1-2H3,(H,22,25)(H,23,24,26)/t10-/m1/s1. The summed E-state index contributed by atoms with van der Waals surface area (Å²) < 4.78 is 19.3. The Balaban J connectivity index is 1.60. The van der Waals surface area contributed by atoms with Gasteiger partial charge in [-0.1, -0.05) is 12.1 Å². The SMILES string of the molecule is Cc1sc(NC(=O)c2ccccc2F)nc1-c1ccc2c(c1)NC(=O)[C@@H](C)O2. The van der Waals surface area contributed by atoms with Crippen LogP contribution in [-0.4, -0.2) is 22.9 Å². The van der Waals surface area contributed by atoms with Gasteiger partial charge in [0.2, 0.25) is 0 Å². The summed E-state index contributed by atoms with van der Waals surface area (Å²) in [6.07, 6.45) is -0.542. The Morgan fingerprint density at radius 1 is 1.29 bits per heavy atom. The van der Waals surface area contributed by atoms with E-state index < -0.39 is 17.8 Å². The van der Waals surface area contributed by atoms with E-state index >= 15 is 0 Å². The molecule has 2 N–H and O–H groups in total. The third-order valence-electron chi connectivity index (χ3n) is 4.32. The summed E-state index contributed by atoms with van der Waals surface area (Å²) in [4.78, 5) is 29.5. The molecule has 0 aliphatic carbocycles. The third-order valence-corrected chi connectivity index (χ3v) is 5.21. The van der Waals surface area contributed by atoms with E-state index in [2.05, 4.69) is 15.6 Å². The first kappa shape index (κ1) is 18.1. The van der Waals surface area contributed by atoms with Crippen molar-refractivity contribution < 1.29 is 18.7 Å². The van der Waals surface area contributed by atoms with Crippen LogP contribution in [-0.2, 0) is 4.79 Å². The molecule has 0 unspecified atom stereocenters. The summed E-state index contributed by atoms with van der Waals surface area (Å²) in [6, 6.07) is 11.2. The fourth-order valence-corrected chi connectivity index (χ4v) is 3.71. The first-order valence-corrected chi connectivity index (χ1v) is 9.39. The molecular formula is C20H16FN3O3S. The Morgan fingerprint density at radius 2 is 2.07 bits per heavy atom. The number of aryl methyl sites for hydroxylation is 1. The topological polar surface area (TPSA) is 80.3 Å². The van der Waals surface area contributed by atoms with E-state index in [1.54, 1.807) is 25.1 Å². The van der Waals surface area contributed by atoms with E-state index in [-0.39, 0.29) is 11.5 Å². The fraction of sp³-hybridized carbons (Fsp3) is 0.150. The highest BCUT2D eigenvalue weighted by molar-refractivity contribution is 7.16. The average molecular weight is 397 g/mol. The summed E-state index contributed by atoms with van der Waals surface area (Å²) in [5.41, 5.74) is 1.98. The van der Waals surface area contributed by atoms with E-state index in [1.807, 2.05) is 13.0 Å². The summed E-state index contributed by atoms with van der Waals surface area (Å²) >= 11 is 1.29. The van der Waals surface area contributed by atoms with Gasteiger partial charge in [-0.3, -0.25) is 14.9 Å². The maximum atomic E-state index is 13.8. The zero-order chi connectivity index (χ0) is 19.8. The van der Waals surface area contributed by atoms with Crippen LogP contribution < -0.4 is 15.4 Å². The van der Waals surface area contributed by atoms with Crippen LogP contribution in [0.2, 0.25) is 0 Å². The molecule has 1 atom stereocenters. The van der Waals surface area contributed by atoms with Crippen LogP contribution >= 0.6 is 11.3 Å². The quantitative estimate of drug-likeness (QED) is 0.693. The van der Waals surface area contributed by atoms with E-state index in [1.165, 1.54) is 29.5 Å². The lowest BCUT2D eigenvalue weighted by molar-refractivity contribution is -0.122. The molecule has 6 nitrogen and oxygen atoms in total. The molecule has 1 aliphatic rings. The molecule has 142 valence electrons. The highest BCUT2D eigenvalue weighted by Gasteiger charge is 2.24. The highest BCUT2D eigenvalue weighted by Crippen LogP contribution is 2.37. The molecule has 0 saturated heterocycles. The Bertz CT molecular complexity index is 1100. The van der Waals surface area contributed by atoms with Gasteiger partial charge in [0.1, 0.15) is 11.6 Å². The van der Waals surface area contributed by atoms with Gasteiger partial charge in [-0.15, -0.1) is 11.3 Å². The molecule has 28 heavy (non-hydrogen) atoms. The summed E-state index contributed by atoms with van der Waals surface area (Å²) in [5, 5.41) is 5.81. The average Bonchev–Trinajstić information content (AvgIpc) is 3.02. The minimum atomic E-state index is -0.590. The van der Waals surface area contributed by atoms with Crippen LogP contribution in [0.3, 0.4) is 0 Å². The van der Waals surface area contributed by atoms with Gasteiger partial charge >= 0.3 is 0 Å². The van der Waals surface area contributed by atoms with Gasteiger partial charge in [0.05, 0.1) is 16.9 Å². The molecule has 8 heteroatoms. The van der Waals surface area contributed by atoms with E-state index in [4.69, 9.17) is 4.74 Å². The van der Waals surface area contributed by atoms with Crippen LogP contribution in [0.15, 0.2) is 42.5 Å². The lowest BCUT2D eigenvalue weighted by atomic mass is 10.1. The number of nitrogens with zero attached hydrogens (tertiary/aromatic N) is 1. The number of carbonyl (C=O) groups excluding carboxylic acids is 2. The third kappa shape index (κ3) is 3.34. The van der Waals surface area contributed by atoms with Crippen LogP contribution in [0, 0.1) is 12.7 Å². The number of halogens is 1. The largest absolute Gasteiger partial charge is 0.479 e. The number of carbonyl (C=O) groups is 2. The van der Waals surface area contributed by atoms with Crippen LogP contribution in [0.25, 0.3) is 11.3 Å². The second kappa shape index (κ2) is 7.05. The smallest absolute Gasteiger partial charge is 0.265 e. The highest BCUT2D eigenvalue weighted by atomic mass is 32.1. The number of rotatable bonds is 3. The first-order valence-electron chi connectivity index (χ1n) is 8.57. The lowest BCUT2D eigenvalue weighted by Gasteiger charge is -2.23. The van der Waals surface area contributed by atoms with Crippen molar-refractivity contribution in [2.24, 2.45) is 0 Å². The molecule has 2 amide bonds. The monoisotopic (exact) mass is 397 g/mol. The van der Waals surface area contributed by atoms with Crippen molar-refractivity contribution in [3.8, 4) is 17.0 Å². The second-order valence-corrected chi connectivity index (χ2v) is 7.52. The second-order valence-electron chi connectivity index (χ2n) is 6.32. The van der Waals surface area contributed by atoms with Crippen molar-refractivity contribution in [3.05, 3.63) is 58.7 Å². The zero-order valence-electron chi connectivity index (χ0n) is 15.1. The van der Waals surface area contributed by atoms with Crippen LogP contribution in [0.1, 0.15) is 22.2 Å². The van der Waals surface area contributed by atoms with Crippen LogP contribution in [0.5, 0.6) is 5.75 Å². The Hall–Kier alpha value is -3.26. The summed E-state index contributed by atoms with van der Waals surface area (Å²) in [7, 11) is 0. The number of ether oxygens (including phenoxy) is 1. The molecule has 0 saturated carbocycles. The molecule has 0 spiro atoms. The molecule has 4 rings (SSSR count). The number of nitrogens with one attached hydrogen (secondary N) is 2. The molecule has 1 aliphatic heterocycles. The van der Waals surface area contributed by atoms with Gasteiger partial charge in [0.15, 0.2) is 11.2 Å². The van der Waals surface area contributed by atoms with Crippen molar-refractivity contribution in [3.63, 3.8) is 0 Å². The number of anilines is 2. The number of amides is 2. The van der Waals surface area contributed by atoms with Gasteiger partial charge in [-0.25, -0.2) is 9.37 Å². The predicted octanol–water partition coefficient (Wildman–Crippen LogP) is 4.23. The Labute approximate surface area is 164 Å². The first-order chi connectivity index (χ1) is 13.4. The maximum Gasteiger partial charge on any atom is 0.265 e. The van der Waals surface area contributed by atoms with Crippen LogP contribution in [0.4, 0.5) is 15.2 Å². The zero-order valence-corrected chi connectivity index (χ0v) is 15.9. The minimum Gasteiger partial charge on any atom is -0.479 e. The summed E-state index contributed by atoms with van der Waals surface area (Å²) in [5.74, 6) is -0.763. The molecule has 1 aromatic heterocycles. The lowest BCUT2D eigenvalue weighted by Crippen LogP contribution is -2.34. The van der Waals surface area contributed by atoms with Crippen molar-refractivity contribution in [1.29, 1.82) is 0 Å². The van der Waals surface area contributed by atoms with E-state index in [9.17, 15) is 14.0 Å². The van der Waals surface area contributed by atoms with Crippen molar-refractivity contribution >= 4 is 34.0 Å². The number of aromatic nitrogens is 1. The van der Waals surface area contributed by atoms with Crippen molar-refractivity contribution in [2.75, 3.05) is 10.6 Å². The summed E-state index contributed by atoms with van der Waals surface area (Å²) in [6.45, 7) is 3.56. The van der Waals surface area contributed by atoms with Gasteiger partial charge in [-0.2, -0.15) is 0 Å². The number of fused-ring (bicyclic) bond motifs is 1. The molecular weight excluding hydrogens is 381 g/mol. The molecule has 0 bridgehead atoms. The predicted molar refractivity (Wildman–Crippen MR) is 105 cm³/mol. The number of benzene rings is 2. The van der Waals surface area contributed by atoms with E-state index in [0.717, 1.165) is 10.4 Å². The fourth-order valence-electron chi connectivity index (χ4n) is 2.88. The van der Waals surface area contributed by atoms with Crippen molar-refractivity contribution in [2.45, 2.75) is 20.0 Å². The minimum absolute atomic E-state index is 0.0420. The normalized spacial score (nSPS) is 15.4. The Morgan fingerprint density at radius 3 is 2.86 bits per heavy atom. The van der Waals surface area contributed by atoms with Crippen molar-refractivity contribution in [1.82, 2.24) is 4.98 Å². The molecule has 0 fully saturated rings. The van der Waals surface area contributed by atoms with E-state index in [0.29, 0.717) is 22.3 Å². The van der Waals surface area contributed by atoms with Gasteiger partial charge in [0.25, 0.3) is 11.8 Å².